The van der Waals surface area contributed by atoms with Gasteiger partial charge in [-0.2, -0.15) is 0 Å². The number of halogens is 1. The molecule has 1 aliphatic heterocycles. The molecule has 7 heteroatoms. The van der Waals surface area contributed by atoms with E-state index >= 15 is 0 Å². The number of benzene rings is 1. The monoisotopic (exact) mass is 391 g/mol. The number of hydrogen-bond donors (Lipinski definition) is 1. The second-order valence-electron chi connectivity index (χ2n) is 6.50. The molecule has 0 radical (unpaired) electrons. The lowest BCUT2D eigenvalue weighted by molar-refractivity contribution is -0.136. The van der Waals surface area contributed by atoms with E-state index in [1.165, 1.54) is 21.3 Å². The van der Waals surface area contributed by atoms with Gasteiger partial charge in [0.05, 0.1) is 31.9 Å². The largest absolute Gasteiger partial charge is 0.493 e. The van der Waals surface area contributed by atoms with Crippen molar-refractivity contribution in [1.82, 2.24) is 5.32 Å². The van der Waals surface area contributed by atoms with Gasteiger partial charge in [-0.15, -0.1) is 0 Å². The molecule has 0 spiro atoms. The number of carbonyl (C=O) groups excluding carboxylic acids is 2. The predicted octanol–water partition coefficient (Wildman–Crippen LogP) is 3.50. The van der Waals surface area contributed by atoms with Gasteiger partial charge in [0, 0.05) is 29.3 Å². The zero-order valence-corrected chi connectivity index (χ0v) is 16.5. The van der Waals surface area contributed by atoms with Crippen LogP contribution < -0.4 is 14.8 Å². The molecule has 0 aromatic heterocycles. The fourth-order valence-corrected chi connectivity index (χ4v) is 4.10. The summed E-state index contributed by atoms with van der Waals surface area (Å²) in [6, 6.07) is 3.46. The molecule has 1 atom stereocenters. The van der Waals surface area contributed by atoms with E-state index in [4.69, 9.17) is 25.8 Å². The summed E-state index contributed by atoms with van der Waals surface area (Å²) in [7, 11) is 4.34. The van der Waals surface area contributed by atoms with Crippen LogP contribution in [-0.2, 0) is 14.3 Å². The number of ketones is 1. The quantitative estimate of drug-likeness (QED) is 0.792. The molecular formula is C20H22ClNO5. The third-order valence-corrected chi connectivity index (χ3v) is 5.25. The van der Waals surface area contributed by atoms with E-state index in [9.17, 15) is 9.59 Å². The Hall–Kier alpha value is -2.47. The van der Waals surface area contributed by atoms with Gasteiger partial charge >= 0.3 is 5.97 Å². The van der Waals surface area contributed by atoms with Gasteiger partial charge in [0.1, 0.15) is 0 Å². The minimum absolute atomic E-state index is 0.0218. The highest BCUT2D eigenvalue weighted by Gasteiger charge is 2.39. The van der Waals surface area contributed by atoms with Gasteiger partial charge in [0.15, 0.2) is 17.3 Å². The number of nitrogens with one attached hydrogen (secondary N) is 1. The molecule has 1 aromatic rings. The van der Waals surface area contributed by atoms with E-state index in [-0.39, 0.29) is 5.78 Å². The maximum atomic E-state index is 12.8. The lowest BCUT2D eigenvalue weighted by atomic mass is 9.75. The Morgan fingerprint density at radius 2 is 1.93 bits per heavy atom. The van der Waals surface area contributed by atoms with Crippen LogP contribution in [0.5, 0.6) is 11.5 Å². The summed E-state index contributed by atoms with van der Waals surface area (Å²) in [5, 5.41) is 3.57. The molecule has 1 heterocycles. The number of dihydropyridines is 1. The molecule has 3 rings (SSSR count). The van der Waals surface area contributed by atoms with E-state index in [1.807, 2.05) is 6.92 Å². The minimum atomic E-state index is -0.571. The highest BCUT2D eigenvalue weighted by Crippen LogP contribution is 2.46. The van der Waals surface area contributed by atoms with Crippen LogP contribution in [0.15, 0.2) is 34.7 Å². The first-order valence-electron chi connectivity index (χ1n) is 8.66. The summed E-state index contributed by atoms with van der Waals surface area (Å²) in [5.74, 6) is -0.194. The molecule has 0 unspecified atom stereocenters. The molecule has 1 aromatic carbocycles. The average molecular weight is 392 g/mol. The van der Waals surface area contributed by atoms with Crippen molar-refractivity contribution >= 4 is 23.4 Å². The average Bonchev–Trinajstić information content (AvgIpc) is 2.65. The number of hydrogen-bond acceptors (Lipinski definition) is 6. The van der Waals surface area contributed by atoms with Gasteiger partial charge in [0.2, 0.25) is 0 Å². The molecule has 0 amide bonds. The van der Waals surface area contributed by atoms with E-state index in [1.54, 1.807) is 12.1 Å². The van der Waals surface area contributed by atoms with Crippen molar-refractivity contribution in [2.24, 2.45) is 0 Å². The van der Waals surface area contributed by atoms with Crippen molar-refractivity contribution in [2.45, 2.75) is 32.1 Å². The molecular weight excluding hydrogens is 370 g/mol. The highest BCUT2D eigenvalue weighted by atomic mass is 35.5. The molecule has 0 bridgehead atoms. The predicted molar refractivity (Wildman–Crippen MR) is 101 cm³/mol. The number of methoxy groups -OCH3 is 3. The molecule has 144 valence electrons. The van der Waals surface area contributed by atoms with Gasteiger partial charge in [-0.3, -0.25) is 4.79 Å². The first-order chi connectivity index (χ1) is 12.9. The fourth-order valence-electron chi connectivity index (χ4n) is 3.80. The van der Waals surface area contributed by atoms with Crippen molar-refractivity contribution in [2.75, 3.05) is 21.3 Å². The van der Waals surface area contributed by atoms with E-state index in [0.29, 0.717) is 45.3 Å². The Morgan fingerprint density at radius 3 is 2.56 bits per heavy atom. The van der Waals surface area contributed by atoms with Crippen molar-refractivity contribution in [1.29, 1.82) is 0 Å². The molecule has 0 fully saturated rings. The fraction of sp³-hybridized carbons (Fsp3) is 0.400. The summed E-state index contributed by atoms with van der Waals surface area (Å²) >= 11 is 6.39. The summed E-state index contributed by atoms with van der Waals surface area (Å²) in [6.45, 7) is 1.81. The minimum Gasteiger partial charge on any atom is -0.493 e. The second kappa shape index (κ2) is 7.64. The van der Waals surface area contributed by atoms with Gasteiger partial charge < -0.3 is 19.5 Å². The lowest BCUT2D eigenvalue weighted by Crippen LogP contribution is -2.34. The number of Topliss-reactive ketones (excluding diaryl/α,β-unsaturated/α-hetero) is 1. The Labute approximate surface area is 163 Å². The smallest absolute Gasteiger partial charge is 0.336 e. The standard InChI is InChI=1S/C20H22ClNO5/c1-10-16(20(24)27-4)17(18-13(22-10)6-5-7-14(18)23)11-8-12(21)19(26-3)15(9-11)25-2/h8-9,17,22H,5-7H2,1-4H3/t17-/m0/s1. The molecule has 1 aliphatic carbocycles. The van der Waals surface area contributed by atoms with Gasteiger partial charge in [-0.25, -0.2) is 4.79 Å². The Balaban J connectivity index is 2.25. The first-order valence-corrected chi connectivity index (χ1v) is 9.04. The third-order valence-electron chi connectivity index (χ3n) is 4.97. The van der Waals surface area contributed by atoms with Crippen LogP contribution in [0.25, 0.3) is 0 Å². The van der Waals surface area contributed by atoms with E-state index in [2.05, 4.69) is 5.32 Å². The summed E-state index contributed by atoms with van der Waals surface area (Å²) in [6.07, 6.45) is 1.99. The number of esters is 1. The maximum absolute atomic E-state index is 12.8. The zero-order chi connectivity index (χ0) is 19.7. The number of carbonyl (C=O) groups is 2. The van der Waals surface area contributed by atoms with Crippen LogP contribution in [0, 0.1) is 0 Å². The summed E-state index contributed by atoms with van der Waals surface area (Å²) in [4.78, 5) is 25.3. The van der Waals surface area contributed by atoms with E-state index in [0.717, 1.165) is 18.5 Å². The normalized spacial score (nSPS) is 19.4. The highest BCUT2D eigenvalue weighted by molar-refractivity contribution is 6.32. The van der Waals surface area contributed by atoms with Crippen molar-refractivity contribution in [3.8, 4) is 11.5 Å². The molecule has 2 aliphatic rings. The summed E-state index contributed by atoms with van der Waals surface area (Å²) in [5.41, 5.74) is 3.20. The van der Waals surface area contributed by atoms with Gasteiger partial charge in [0.25, 0.3) is 0 Å². The number of allylic oxidation sites excluding steroid dienone is 3. The Bertz CT molecular complexity index is 871. The van der Waals surface area contributed by atoms with Crippen LogP contribution in [0.4, 0.5) is 0 Å². The molecule has 0 saturated carbocycles. The first kappa shape index (κ1) is 19.3. The SMILES string of the molecule is COC(=O)C1=C(C)NC2=C(C(=O)CCC2)[C@H]1c1cc(Cl)c(OC)c(OC)c1. The third kappa shape index (κ3) is 3.30. The van der Waals surface area contributed by atoms with Gasteiger partial charge in [-0.1, -0.05) is 11.6 Å². The van der Waals surface area contributed by atoms with Crippen LogP contribution in [0.2, 0.25) is 5.02 Å². The Kier molecular flexibility index (Phi) is 5.46. The van der Waals surface area contributed by atoms with Crippen molar-refractivity contribution < 1.29 is 23.8 Å². The molecule has 27 heavy (non-hydrogen) atoms. The topological polar surface area (TPSA) is 73.9 Å². The van der Waals surface area contributed by atoms with Crippen LogP contribution >= 0.6 is 11.6 Å². The van der Waals surface area contributed by atoms with Gasteiger partial charge in [-0.05, 0) is 37.5 Å². The van der Waals surface area contributed by atoms with E-state index < -0.39 is 11.9 Å². The van der Waals surface area contributed by atoms with Crippen LogP contribution in [0.3, 0.4) is 0 Å². The molecule has 0 saturated heterocycles. The van der Waals surface area contributed by atoms with Crippen molar-refractivity contribution in [3.63, 3.8) is 0 Å². The molecule has 6 nitrogen and oxygen atoms in total. The molecule has 1 N–H and O–H groups in total. The zero-order valence-electron chi connectivity index (χ0n) is 15.8. The summed E-state index contributed by atoms with van der Waals surface area (Å²) < 4.78 is 15.7. The van der Waals surface area contributed by atoms with Crippen LogP contribution in [-0.4, -0.2) is 33.1 Å². The van der Waals surface area contributed by atoms with Crippen molar-refractivity contribution in [3.05, 3.63) is 45.3 Å². The van der Waals surface area contributed by atoms with Crippen LogP contribution in [0.1, 0.15) is 37.7 Å². The maximum Gasteiger partial charge on any atom is 0.336 e. The number of rotatable bonds is 4. The Morgan fingerprint density at radius 1 is 1.19 bits per heavy atom. The lowest BCUT2D eigenvalue weighted by Gasteiger charge is -2.34. The number of ether oxygens (including phenoxy) is 3. The second-order valence-corrected chi connectivity index (χ2v) is 6.90.